The molecule has 0 heterocycles. The second-order valence-corrected chi connectivity index (χ2v) is 12.3. The number of hydrogen-bond acceptors (Lipinski definition) is 4. The molecule has 0 aliphatic carbocycles. The van der Waals surface area contributed by atoms with Crippen molar-refractivity contribution < 1.29 is 18.0 Å². The molecular weight excluding hydrogens is 569 g/mol. The van der Waals surface area contributed by atoms with E-state index in [-0.39, 0.29) is 23.4 Å². The van der Waals surface area contributed by atoms with E-state index in [1.54, 1.807) is 67.6 Å². The summed E-state index contributed by atoms with van der Waals surface area (Å²) in [4.78, 5) is 28.9. The Kier molecular flexibility index (Phi) is 11.0. The fourth-order valence-electron chi connectivity index (χ4n) is 4.17. The first-order valence-electron chi connectivity index (χ1n) is 13.2. The van der Waals surface area contributed by atoms with Gasteiger partial charge in [0, 0.05) is 28.2 Å². The maximum atomic E-state index is 14.1. The van der Waals surface area contributed by atoms with Crippen molar-refractivity contribution >= 4 is 50.7 Å². The van der Waals surface area contributed by atoms with Crippen LogP contribution in [0.1, 0.15) is 44.7 Å². The molecule has 0 fully saturated rings. The lowest BCUT2D eigenvalue weighted by Gasteiger charge is -2.34. The number of aryl methyl sites for hydroxylation is 1. The number of carbonyl (C=O) groups is 2. The van der Waals surface area contributed by atoms with Gasteiger partial charge in [-0.2, -0.15) is 0 Å². The fourth-order valence-corrected chi connectivity index (χ4v) is 6.13. The van der Waals surface area contributed by atoms with Crippen molar-refractivity contribution in [3.63, 3.8) is 0 Å². The molecule has 0 aromatic heterocycles. The Morgan fingerprint density at radius 1 is 0.875 bits per heavy atom. The predicted octanol–water partition coefficient (Wildman–Crippen LogP) is 6.22. The highest BCUT2D eigenvalue weighted by Crippen LogP contribution is 2.29. The van der Waals surface area contributed by atoms with Crippen LogP contribution in [0.4, 0.5) is 5.69 Å². The topological polar surface area (TPSA) is 86.8 Å². The van der Waals surface area contributed by atoms with Crippen LogP contribution in [0, 0.1) is 6.92 Å². The van der Waals surface area contributed by atoms with Crippen LogP contribution >= 0.6 is 23.2 Å². The molecule has 2 amide bonds. The molecule has 1 N–H and O–H groups in total. The summed E-state index contributed by atoms with van der Waals surface area (Å²) in [5.41, 5.74) is 1.74. The highest BCUT2D eigenvalue weighted by molar-refractivity contribution is 7.92. The number of rotatable bonds is 12. The largest absolute Gasteiger partial charge is 0.352 e. The molecule has 0 radical (unpaired) electrons. The number of benzene rings is 3. The van der Waals surface area contributed by atoms with Crippen LogP contribution in [0.25, 0.3) is 0 Å². The van der Waals surface area contributed by atoms with Crippen LogP contribution in [0.15, 0.2) is 77.7 Å². The van der Waals surface area contributed by atoms with Gasteiger partial charge in [0.2, 0.25) is 11.8 Å². The molecule has 0 bridgehead atoms. The normalized spacial score (nSPS) is 12.8. The summed E-state index contributed by atoms with van der Waals surface area (Å²) in [7, 11) is -4.13. The lowest BCUT2D eigenvalue weighted by atomic mass is 10.1. The van der Waals surface area contributed by atoms with E-state index in [1.165, 1.54) is 17.0 Å². The number of nitrogens with one attached hydrogen (secondary N) is 1. The number of sulfonamides is 1. The summed E-state index contributed by atoms with van der Waals surface area (Å²) < 4.78 is 28.7. The summed E-state index contributed by atoms with van der Waals surface area (Å²) in [6, 6.07) is 18.8. The molecule has 0 saturated carbocycles. The second-order valence-electron chi connectivity index (χ2n) is 9.62. The van der Waals surface area contributed by atoms with Crippen molar-refractivity contribution in [3.05, 3.63) is 94.0 Å². The lowest BCUT2D eigenvalue weighted by molar-refractivity contribution is -0.140. The number of nitrogens with zero attached hydrogens (tertiary/aromatic N) is 2. The minimum absolute atomic E-state index is 0.0469. The molecule has 2 atom stereocenters. The zero-order valence-corrected chi connectivity index (χ0v) is 25.4. The average Bonchev–Trinajstić information content (AvgIpc) is 2.93. The number of hydrogen-bond donors (Lipinski definition) is 1. The van der Waals surface area contributed by atoms with Crippen molar-refractivity contribution in [2.24, 2.45) is 0 Å². The summed E-state index contributed by atoms with van der Waals surface area (Å²) in [6.45, 7) is 6.92. The van der Waals surface area contributed by atoms with Crippen LogP contribution in [0.2, 0.25) is 10.0 Å². The van der Waals surface area contributed by atoms with Gasteiger partial charge in [0.25, 0.3) is 10.0 Å². The van der Waals surface area contributed by atoms with Gasteiger partial charge in [-0.25, -0.2) is 8.42 Å². The Bertz CT molecular complexity index is 1400. The average molecular weight is 605 g/mol. The standard InChI is InChI=1S/C30H35Cl2N3O4S/c1-5-22(4)33-30(37)28(6-2)34(19-25-26(31)13-10-14-27(25)32)29(36)20-35(23-17-15-21(3)16-18-23)40(38,39)24-11-8-7-9-12-24/h7-18,22,28H,5-6,19-20H2,1-4H3,(H,33,37). The van der Waals surface area contributed by atoms with Crippen LogP contribution in [-0.2, 0) is 26.2 Å². The zero-order chi connectivity index (χ0) is 29.4. The van der Waals surface area contributed by atoms with E-state index in [1.807, 2.05) is 20.8 Å². The fraction of sp³-hybridized carbons (Fsp3) is 0.333. The molecule has 3 aromatic carbocycles. The molecule has 7 nitrogen and oxygen atoms in total. The molecule has 214 valence electrons. The van der Waals surface area contributed by atoms with Gasteiger partial charge in [0.05, 0.1) is 10.6 Å². The minimum Gasteiger partial charge on any atom is -0.352 e. The van der Waals surface area contributed by atoms with Crippen LogP contribution in [-0.4, -0.2) is 43.8 Å². The number of anilines is 1. The third-order valence-electron chi connectivity index (χ3n) is 6.71. The Morgan fingerprint density at radius 2 is 1.48 bits per heavy atom. The number of carbonyl (C=O) groups excluding carboxylic acids is 2. The van der Waals surface area contributed by atoms with Gasteiger partial charge in [0.15, 0.2) is 0 Å². The number of halogens is 2. The molecule has 40 heavy (non-hydrogen) atoms. The van der Waals surface area contributed by atoms with Gasteiger partial charge in [-0.05, 0) is 63.1 Å². The van der Waals surface area contributed by atoms with E-state index in [9.17, 15) is 18.0 Å². The monoisotopic (exact) mass is 603 g/mol. The number of amides is 2. The third kappa shape index (κ3) is 7.56. The smallest absolute Gasteiger partial charge is 0.264 e. The summed E-state index contributed by atoms with van der Waals surface area (Å²) in [5.74, 6) is -0.900. The van der Waals surface area contributed by atoms with Gasteiger partial charge < -0.3 is 10.2 Å². The van der Waals surface area contributed by atoms with Crippen LogP contribution < -0.4 is 9.62 Å². The quantitative estimate of drug-likeness (QED) is 0.266. The Labute approximate surface area is 247 Å². The van der Waals surface area contributed by atoms with Crippen molar-refractivity contribution in [2.75, 3.05) is 10.8 Å². The van der Waals surface area contributed by atoms with Crippen molar-refractivity contribution in [2.45, 2.75) is 64.1 Å². The maximum absolute atomic E-state index is 14.1. The predicted molar refractivity (Wildman–Crippen MR) is 161 cm³/mol. The van der Waals surface area contributed by atoms with Gasteiger partial charge >= 0.3 is 0 Å². The molecular formula is C30H35Cl2N3O4S. The second kappa shape index (κ2) is 14.0. The van der Waals surface area contributed by atoms with E-state index in [0.29, 0.717) is 34.1 Å². The molecule has 3 aromatic rings. The lowest BCUT2D eigenvalue weighted by Crippen LogP contribution is -2.53. The Balaban J connectivity index is 2.08. The summed E-state index contributed by atoms with van der Waals surface area (Å²) in [5, 5.41) is 3.63. The van der Waals surface area contributed by atoms with Gasteiger partial charge in [-0.15, -0.1) is 0 Å². The van der Waals surface area contributed by atoms with Gasteiger partial charge in [-0.3, -0.25) is 13.9 Å². The highest BCUT2D eigenvalue weighted by Gasteiger charge is 2.34. The van der Waals surface area contributed by atoms with Gasteiger partial charge in [-0.1, -0.05) is 79.0 Å². The first-order valence-corrected chi connectivity index (χ1v) is 15.4. The van der Waals surface area contributed by atoms with Gasteiger partial charge in [0.1, 0.15) is 12.6 Å². The first kappa shape index (κ1) is 31.5. The molecule has 0 aliphatic rings. The zero-order valence-electron chi connectivity index (χ0n) is 23.1. The van der Waals surface area contributed by atoms with Crippen LogP contribution in [0.3, 0.4) is 0 Å². The molecule has 10 heteroatoms. The van der Waals surface area contributed by atoms with E-state index >= 15 is 0 Å². The van der Waals surface area contributed by atoms with E-state index in [4.69, 9.17) is 23.2 Å². The van der Waals surface area contributed by atoms with E-state index in [0.717, 1.165) is 9.87 Å². The third-order valence-corrected chi connectivity index (χ3v) is 9.21. The first-order chi connectivity index (χ1) is 19.0. The Hall–Kier alpha value is -3.07. The Morgan fingerprint density at radius 3 is 2.02 bits per heavy atom. The SMILES string of the molecule is CCC(C)NC(=O)C(CC)N(Cc1c(Cl)cccc1Cl)C(=O)CN(c1ccc(C)cc1)S(=O)(=O)c1ccccc1. The minimum atomic E-state index is -4.13. The summed E-state index contributed by atoms with van der Waals surface area (Å²) in [6.07, 6.45) is 1.01. The van der Waals surface area contributed by atoms with Crippen molar-refractivity contribution in [1.29, 1.82) is 0 Å². The summed E-state index contributed by atoms with van der Waals surface area (Å²) >= 11 is 12.9. The van der Waals surface area contributed by atoms with E-state index < -0.39 is 28.5 Å². The van der Waals surface area contributed by atoms with E-state index in [2.05, 4.69) is 5.32 Å². The van der Waals surface area contributed by atoms with Crippen molar-refractivity contribution in [1.82, 2.24) is 10.2 Å². The van der Waals surface area contributed by atoms with Crippen LogP contribution in [0.5, 0.6) is 0 Å². The highest BCUT2D eigenvalue weighted by atomic mass is 35.5. The van der Waals surface area contributed by atoms with Crippen molar-refractivity contribution in [3.8, 4) is 0 Å². The molecule has 0 aliphatic heterocycles. The molecule has 0 spiro atoms. The molecule has 2 unspecified atom stereocenters. The molecule has 0 saturated heterocycles. The molecule has 3 rings (SSSR count). The maximum Gasteiger partial charge on any atom is 0.264 e.